The molecule has 0 aromatic carbocycles. The lowest BCUT2D eigenvalue weighted by atomic mass is 9.77. The van der Waals surface area contributed by atoms with Gasteiger partial charge in [-0.3, -0.25) is 4.98 Å². The summed E-state index contributed by atoms with van der Waals surface area (Å²) >= 11 is 0. The molecule has 0 amide bonds. The normalized spacial score (nSPS) is 14.5. The molecule has 0 N–H and O–H groups in total. The third-order valence-electron chi connectivity index (χ3n) is 3.51. The molecule has 2 heteroatoms. The highest BCUT2D eigenvalue weighted by molar-refractivity contribution is 5.29. The monoisotopic (exact) mass is 221 g/mol. The zero-order chi connectivity index (χ0) is 12.0. The van der Waals surface area contributed by atoms with Gasteiger partial charge in [0.2, 0.25) is 0 Å². The highest BCUT2D eigenvalue weighted by atomic mass is 16.5. The molecular formula is C14H23NO. The van der Waals surface area contributed by atoms with E-state index in [1.165, 1.54) is 24.8 Å². The summed E-state index contributed by atoms with van der Waals surface area (Å²) in [5.74, 6) is 0.855. The van der Waals surface area contributed by atoms with Gasteiger partial charge in [-0.1, -0.05) is 33.6 Å². The first-order valence-electron chi connectivity index (χ1n) is 6.15. The Hall–Kier alpha value is -1.05. The molecule has 0 aliphatic carbocycles. The van der Waals surface area contributed by atoms with E-state index in [9.17, 15) is 0 Å². The van der Waals surface area contributed by atoms with E-state index in [0.717, 1.165) is 12.2 Å². The number of ether oxygens (including phenoxy) is 1. The highest BCUT2D eigenvalue weighted by Gasteiger charge is 2.24. The van der Waals surface area contributed by atoms with E-state index in [2.05, 4.69) is 31.8 Å². The molecule has 1 heterocycles. The fourth-order valence-electron chi connectivity index (χ4n) is 1.95. The Kier molecular flexibility index (Phi) is 4.78. The van der Waals surface area contributed by atoms with Crippen molar-refractivity contribution in [3.05, 3.63) is 24.0 Å². The number of nitrogens with zero attached hydrogens (tertiary/aromatic N) is 1. The van der Waals surface area contributed by atoms with Gasteiger partial charge in [0.05, 0.1) is 13.3 Å². The minimum Gasteiger partial charge on any atom is -0.495 e. The van der Waals surface area contributed by atoms with E-state index >= 15 is 0 Å². The fourth-order valence-corrected chi connectivity index (χ4v) is 1.95. The number of aromatic nitrogens is 1. The molecule has 1 atom stereocenters. The Morgan fingerprint density at radius 2 is 2.06 bits per heavy atom. The highest BCUT2D eigenvalue weighted by Crippen LogP contribution is 2.33. The van der Waals surface area contributed by atoms with Gasteiger partial charge >= 0.3 is 0 Å². The first kappa shape index (κ1) is 13.0. The Morgan fingerprint density at radius 3 is 2.62 bits per heavy atom. The predicted octanol–water partition coefficient (Wildman–Crippen LogP) is 3.95. The molecule has 16 heavy (non-hydrogen) atoms. The summed E-state index contributed by atoms with van der Waals surface area (Å²) in [6.07, 6.45) is 8.60. The fraction of sp³-hybridized carbons (Fsp3) is 0.643. The second-order valence-electron chi connectivity index (χ2n) is 4.63. The summed E-state index contributed by atoms with van der Waals surface area (Å²) in [7, 11) is 1.69. The van der Waals surface area contributed by atoms with Crippen LogP contribution in [0.1, 0.15) is 52.0 Å². The van der Waals surface area contributed by atoms with Crippen molar-refractivity contribution < 1.29 is 4.74 Å². The molecule has 0 spiro atoms. The van der Waals surface area contributed by atoms with Gasteiger partial charge < -0.3 is 4.74 Å². The van der Waals surface area contributed by atoms with E-state index in [1.807, 2.05) is 6.20 Å². The van der Waals surface area contributed by atoms with Crippen LogP contribution in [-0.4, -0.2) is 12.1 Å². The van der Waals surface area contributed by atoms with Crippen LogP contribution < -0.4 is 4.74 Å². The van der Waals surface area contributed by atoms with Crippen molar-refractivity contribution in [1.82, 2.24) is 4.98 Å². The van der Waals surface area contributed by atoms with Crippen molar-refractivity contribution in [2.24, 2.45) is 0 Å². The Labute approximate surface area is 99.0 Å². The molecule has 1 aromatic rings. The van der Waals surface area contributed by atoms with Gasteiger partial charge in [-0.25, -0.2) is 0 Å². The average Bonchev–Trinajstić information content (AvgIpc) is 2.36. The van der Waals surface area contributed by atoms with Gasteiger partial charge in [0.1, 0.15) is 5.75 Å². The average molecular weight is 221 g/mol. The third kappa shape index (κ3) is 2.97. The van der Waals surface area contributed by atoms with Crippen LogP contribution in [-0.2, 0) is 5.41 Å². The van der Waals surface area contributed by atoms with Gasteiger partial charge in [0, 0.05) is 6.20 Å². The van der Waals surface area contributed by atoms with Gasteiger partial charge in [-0.2, -0.15) is 0 Å². The van der Waals surface area contributed by atoms with Crippen LogP contribution in [0, 0.1) is 0 Å². The van der Waals surface area contributed by atoms with E-state index in [4.69, 9.17) is 4.74 Å². The lowest BCUT2D eigenvalue weighted by Gasteiger charge is -2.28. The molecule has 0 saturated carbocycles. The molecule has 2 nitrogen and oxygen atoms in total. The van der Waals surface area contributed by atoms with Crippen molar-refractivity contribution in [1.29, 1.82) is 0 Å². The summed E-state index contributed by atoms with van der Waals surface area (Å²) < 4.78 is 5.24. The zero-order valence-corrected chi connectivity index (χ0v) is 10.9. The first-order chi connectivity index (χ1) is 7.66. The molecule has 0 fully saturated rings. The number of unbranched alkanes of at least 4 members (excludes halogenated alkanes) is 1. The van der Waals surface area contributed by atoms with Crippen molar-refractivity contribution >= 4 is 0 Å². The first-order valence-corrected chi connectivity index (χ1v) is 6.15. The second kappa shape index (κ2) is 5.88. The Balaban J connectivity index is 2.92. The van der Waals surface area contributed by atoms with Crippen molar-refractivity contribution in [3.8, 4) is 5.75 Å². The molecule has 0 aliphatic rings. The molecule has 0 aliphatic heterocycles. The van der Waals surface area contributed by atoms with Gasteiger partial charge in [-0.05, 0) is 29.9 Å². The van der Waals surface area contributed by atoms with Crippen LogP contribution in [0.2, 0.25) is 0 Å². The minimum absolute atomic E-state index is 0.234. The zero-order valence-electron chi connectivity index (χ0n) is 10.9. The second-order valence-corrected chi connectivity index (χ2v) is 4.63. The summed E-state index contributed by atoms with van der Waals surface area (Å²) in [4.78, 5) is 4.25. The van der Waals surface area contributed by atoms with Crippen LogP contribution in [0.5, 0.6) is 5.75 Å². The predicted molar refractivity (Wildman–Crippen MR) is 68.0 cm³/mol. The molecule has 1 aromatic heterocycles. The molecule has 90 valence electrons. The largest absolute Gasteiger partial charge is 0.495 e. The Morgan fingerprint density at radius 1 is 1.31 bits per heavy atom. The van der Waals surface area contributed by atoms with Crippen molar-refractivity contribution in [2.75, 3.05) is 7.11 Å². The molecule has 1 rings (SSSR count). The topological polar surface area (TPSA) is 22.1 Å². The molecule has 0 bridgehead atoms. The number of rotatable bonds is 6. The van der Waals surface area contributed by atoms with Gasteiger partial charge in [-0.15, -0.1) is 0 Å². The number of pyridine rings is 1. The summed E-state index contributed by atoms with van der Waals surface area (Å²) in [5, 5.41) is 0. The maximum atomic E-state index is 5.24. The smallest absolute Gasteiger partial charge is 0.137 e. The van der Waals surface area contributed by atoms with Crippen LogP contribution >= 0.6 is 0 Å². The van der Waals surface area contributed by atoms with Crippen molar-refractivity contribution in [2.45, 2.75) is 51.9 Å². The van der Waals surface area contributed by atoms with E-state index < -0.39 is 0 Å². The molecular weight excluding hydrogens is 198 g/mol. The molecule has 1 unspecified atom stereocenters. The number of methoxy groups -OCH3 is 1. The molecule has 0 radical (unpaired) electrons. The van der Waals surface area contributed by atoms with Crippen LogP contribution in [0.25, 0.3) is 0 Å². The van der Waals surface area contributed by atoms with Crippen LogP contribution in [0.3, 0.4) is 0 Å². The summed E-state index contributed by atoms with van der Waals surface area (Å²) in [5.41, 5.74) is 1.53. The van der Waals surface area contributed by atoms with Crippen LogP contribution in [0.15, 0.2) is 18.5 Å². The lowest BCUT2D eigenvalue weighted by Crippen LogP contribution is -2.21. The maximum absolute atomic E-state index is 5.24. The quantitative estimate of drug-likeness (QED) is 0.725. The standard InChI is InChI=1S/C14H23NO/c1-5-7-8-14(3,6-2)12-9-13(16-4)11-15-10-12/h9-11H,5-8H2,1-4H3. The summed E-state index contributed by atoms with van der Waals surface area (Å²) in [6, 6.07) is 2.12. The van der Waals surface area contributed by atoms with Gasteiger partial charge in [0.15, 0.2) is 0 Å². The van der Waals surface area contributed by atoms with E-state index in [1.54, 1.807) is 13.3 Å². The van der Waals surface area contributed by atoms with Gasteiger partial charge in [0.25, 0.3) is 0 Å². The third-order valence-corrected chi connectivity index (χ3v) is 3.51. The van der Waals surface area contributed by atoms with E-state index in [-0.39, 0.29) is 5.41 Å². The maximum Gasteiger partial charge on any atom is 0.137 e. The molecule has 0 saturated heterocycles. The number of hydrogen-bond donors (Lipinski definition) is 0. The SMILES string of the molecule is CCCCC(C)(CC)c1cncc(OC)c1. The minimum atomic E-state index is 0.234. The van der Waals surface area contributed by atoms with Crippen LogP contribution in [0.4, 0.5) is 0 Å². The Bertz CT molecular complexity index is 324. The van der Waals surface area contributed by atoms with E-state index in [0.29, 0.717) is 0 Å². The summed E-state index contributed by atoms with van der Waals surface area (Å²) in [6.45, 7) is 6.80. The van der Waals surface area contributed by atoms with Crippen molar-refractivity contribution in [3.63, 3.8) is 0 Å². The lowest BCUT2D eigenvalue weighted by molar-refractivity contribution is 0.389. The number of hydrogen-bond acceptors (Lipinski definition) is 2.